The number of benzene rings is 7. The smallest absolute Gasteiger partial charge is 0.238 e. The predicted octanol–water partition coefficient (Wildman–Crippen LogP) is 11.8. The molecule has 11 rings (SSSR count). The molecule has 6 nitrogen and oxygen atoms in total. The van der Waals surface area contributed by atoms with Crippen LogP contribution in [0.25, 0.3) is 106 Å². The van der Waals surface area contributed by atoms with Gasteiger partial charge in [0.1, 0.15) is 22.3 Å². The SMILES string of the molecule is [2H]c1c([2H])c(-c2ccccc2)c2c(oc3c([2H])c(-c4nc(-c5ccccc5)nc(-n5c6c([2H])c([2H])c([2H])c([2H])c6c6c([2H])c([2H])c7c(oc8c([2H])c([2H])c([2H])c([2H])c87)c65)n4)c([2H])c([2H])c32)c1[2H]. The second-order valence-electron chi connectivity index (χ2n) is 11.6. The van der Waals surface area contributed by atoms with Crippen molar-refractivity contribution in [3.8, 4) is 39.9 Å². The molecule has 6 heteroatoms. The van der Waals surface area contributed by atoms with Crippen molar-refractivity contribution >= 4 is 65.7 Å². The lowest BCUT2D eigenvalue weighted by molar-refractivity contribution is 0.669. The van der Waals surface area contributed by atoms with Crippen molar-refractivity contribution in [1.82, 2.24) is 19.5 Å². The van der Waals surface area contributed by atoms with Gasteiger partial charge in [-0.05, 0) is 47.4 Å². The summed E-state index contributed by atoms with van der Waals surface area (Å²) >= 11 is 0. The lowest BCUT2D eigenvalue weighted by Gasteiger charge is -2.11. The Hall–Kier alpha value is -7.05. The summed E-state index contributed by atoms with van der Waals surface area (Å²) in [6.45, 7) is 0. The molecule has 0 N–H and O–H groups in total. The summed E-state index contributed by atoms with van der Waals surface area (Å²) in [5.74, 6) is -0.904. The fourth-order valence-electron chi connectivity index (χ4n) is 6.44. The monoisotopic (exact) mass is 670 g/mol. The van der Waals surface area contributed by atoms with E-state index < -0.39 is 102 Å². The van der Waals surface area contributed by atoms with E-state index >= 15 is 0 Å². The average Bonchev–Trinajstić information content (AvgIpc) is 4.04. The van der Waals surface area contributed by atoms with Gasteiger partial charge in [0.2, 0.25) is 5.95 Å². The van der Waals surface area contributed by atoms with Gasteiger partial charge < -0.3 is 8.83 Å². The summed E-state index contributed by atoms with van der Waals surface area (Å²) in [6, 6.07) is 7.98. The van der Waals surface area contributed by atoms with E-state index in [4.69, 9.17) is 37.5 Å². The maximum absolute atomic E-state index is 9.61. The number of furan rings is 2. The highest BCUT2D eigenvalue weighted by Crippen LogP contribution is 2.41. The molecule has 0 unspecified atom stereocenters. The zero-order chi connectivity index (χ0) is 47.4. The second-order valence-corrected chi connectivity index (χ2v) is 11.6. The summed E-state index contributed by atoms with van der Waals surface area (Å²) in [5.41, 5.74) is -0.983. The maximum atomic E-state index is 9.61. The zero-order valence-electron chi connectivity index (χ0n) is 41.9. The summed E-state index contributed by atoms with van der Waals surface area (Å²) in [5, 5.41) is -0.890. The third-order valence-electron chi connectivity index (χ3n) is 8.68. The Kier molecular flexibility index (Phi) is 3.48. The number of rotatable bonds is 4. The minimum Gasteiger partial charge on any atom is -0.456 e. The van der Waals surface area contributed by atoms with Crippen molar-refractivity contribution in [2.45, 2.75) is 0 Å². The van der Waals surface area contributed by atoms with Crippen LogP contribution >= 0.6 is 0 Å². The molecule has 0 aliphatic rings. The zero-order valence-corrected chi connectivity index (χ0v) is 25.9. The summed E-state index contributed by atoms with van der Waals surface area (Å²) in [4.78, 5) is 14.2. The van der Waals surface area contributed by atoms with Gasteiger partial charge in [0.25, 0.3) is 0 Å². The topological polar surface area (TPSA) is 69.9 Å². The van der Waals surface area contributed by atoms with Gasteiger partial charge in [-0.2, -0.15) is 9.97 Å². The van der Waals surface area contributed by atoms with Crippen LogP contribution in [0.4, 0.5) is 0 Å². The average molecular weight is 671 g/mol. The highest BCUT2D eigenvalue weighted by molar-refractivity contribution is 6.21. The van der Waals surface area contributed by atoms with E-state index in [9.17, 15) is 8.22 Å². The molecular formula is C45H26N4O2. The number of hydrogen-bond acceptors (Lipinski definition) is 5. The maximum Gasteiger partial charge on any atom is 0.238 e. The number of nitrogens with zero attached hydrogens (tertiary/aromatic N) is 4. The molecule has 0 atom stereocenters. The Bertz CT molecular complexity index is 4060. The molecule has 0 fully saturated rings. The standard InChI is InChI=1S/C45H26N4O2/c1-3-12-27(13-4-1)30-18-11-21-38-40(30)35-23-22-29(26-39(35)50-38)44-46-43(28-14-5-2-6-15-28)47-45(48-44)49-36-19-9-7-16-31(36)33-24-25-34-32-17-8-10-20-37(32)51-42(34)41(33)49/h1-26H/i7D,8D,9D,10D,11D,16D,17D,18D,19D,20D,21D,22D,23D,24D,25D,26D. The van der Waals surface area contributed by atoms with Crippen molar-refractivity contribution in [2.75, 3.05) is 0 Å². The lowest BCUT2D eigenvalue weighted by atomic mass is 9.99. The van der Waals surface area contributed by atoms with E-state index in [1.54, 1.807) is 60.7 Å². The molecule has 4 heterocycles. The quantitative estimate of drug-likeness (QED) is 0.186. The van der Waals surface area contributed by atoms with Crippen molar-refractivity contribution in [3.05, 3.63) is 157 Å². The number of fused-ring (bicyclic) bond motifs is 10. The van der Waals surface area contributed by atoms with Gasteiger partial charge in [-0.25, -0.2) is 4.98 Å². The normalized spacial score (nSPS) is 16.3. The Labute approximate surface area is 313 Å². The fraction of sp³-hybridized carbons (Fsp3) is 0. The van der Waals surface area contributed by atoms with Crippen LogP contribution in [0.15, 0.2) is 166 Å². The third-order valence-corrected chi connectivity index (χ3v) is 8.68. The van der Waals surface area contributed by atoms with Gasteiger partial charge in [-0.3, -0.25) is 4.57 Å². The molecule has 0 bridgehead atoms. The molecule has 51 heavy (non-hydrogen) atoms. The minimum atomic E-state index is -0.691. The molecule has 7 aromatic carbocycles. The van der Waals surface area contributed by atoms with Crippen LogP contribution in [-0.2, 0) is 0 Å². The molecule has 0 aliphatic carbocycles. The molecule has 0 radical (unpaired) electrons. The Morgan fingerprint density at radius 3 is 2.02 bits per heavy atom. The van der Waals surface area contributed by atoms with Crippen LogP contribution in [0, 0.1) is 0 Å². The first kappa shape index (κ1) is 16.6. The van der Waals surface area contributed by atoms with Gasteiger partial charge in [0.05, 0.1) is 27.4 Å². The van der Waals surface area contributed by atoms with E-state index in [1.807, 2.05) is 0 Å². The van der Waals surface area contributed by atoms with Gasteiger partial charge >= 0.3 is 0 Å². The molecule has 0 spiro atoms. The molecule has 238 valence electrons. The van der Waals surface area contributed by atoms with Crippen LogP contribution in [0.3, 0.4) is 0 Å². The Morgan fingerprint density at radius 1 is 0.490 bits per heavy atom. The van der Waals surface area contributed by atoms with Crippen LogP contribution in [0.2, 0.25) is 0 Å². The first-order valence-corrected chi connectivity index (χ1v) is 15.7. The summed E-state index contributed by atoms with van der Waals surface area (Å²) in [6.07, 6.45) is 0. The van der Waals surface area contributed by atoms with Crippen molar-refractivity contribution < 1.29 is 30.8 Å². The Balaban J connectivity index is 1.32. The lowest BCUT2D eigenvalue weighted by Crippen LogP contribution is -2.06. The van der Waals surface area contributed by atoms with Crippen molar-refractivity contribution in [3.63, 3.8) is 0 Å². The number of para-hydroxylation sites is 2. The highest BCUT2D eigenvalue weighted by atomic mass is 16.3. The van der Waals surface area contributed by atoms with Crippen LogP contribution in [0.5, 0.6) is 0 Å². The summed E-state index contributed by atoms with van der Waals surface area (Å²) < 4.78 is 157. The molecule has 0 aliphatic heterocycles. The molecule has 0 saturated carbocycles. The minimum absolute atomic E-state index is 0.0683. The van der Waals surface area contributed by atoms with E-state index in [0.717, 1.165) is 4.57 Å². The van der Waals surface area contributed by atoms with Gasteiger partial charge in [-0.1, -0.05) is 121 Å². The first-order chi connectivity index (χ1) is 32.0. The molecule has 0 amide bonds. The van der Waals surface area contributed by atoms with Crippen LogP contribution < -0.4 is 0 Å². The van der Waals surface area contributed by atoms with Crippen LogP contribution in [0.1, 0.15) is 21.9 Å². The largest absolute Gasteiger partial charge is 0.456 e. The highest BCUT2D eigenvalue weighted by Gasteiger charge is 2.22. The van der Waals surface area contributed by atoms with E-state index in [-0.39, 0.29) is 88.7 Å². The van der Waals surface area contributed by atoms with Gasteiger partial charge in [0, 0.05) is 43.4 Å². The molecular weight excluding hydrogens is 629 g/mol. The van der Waals surface area contributed by atoms with E-state index in [0.29, 0.717) is 11.1 Å². The Morgan fingerprint density at radius 2 is 1.18 bits per heavy atom. The van der Waals surface area contributed by atoms with Gasteiger partial charge in [0.15, 0.2) is 17.2 Å². The predicted molar refractivity (Wildman–Crippen MR) is 205 cm³/mol. The van der Waals surface area contributed by atoms with E-state index in [2.05, 4.69) is 0 Å². The number of hydrogen-bond donors (Lipinski definition) is 0. The number of aromatic nitrogens is 4. The molecule has 11 aromatic rings. The third kappa shape index (κ3) is 4.20. The molecule has 0 saturated heterocycles. The first-order valence-electron chi connectivity index (χ1n) is 23.7. The molecule has 4 aromatic heterocycles. The van der Waals surface area contributed by atoms with E-state index in [1.165, 1.54) is 0 Å². The van der Waals surface area contributed by atoms with Crippen molar-refractivity contribution in [1.29, 1.82) is 0 Å². The van der Waals surface area contributed by atoms with Gasteiger partial charge in [-0.15, -0.1) is 0 Å². The van der Waals surface area contributed by atoms with Crippen molar-refractivity contribution in [2.24, 2.45) is 0 Å². The second kappa shape index (κ2) is 10.7. The fourth-order valence-corrected chi connectivity index (χ4v) is 6.44. The summed E-state index contributed by atoms with van der Waals surface area (Å²) in [7, 11) is 0. The van der Waals surface area contributed by atoms with Crippen LogP contribution in [-0.4, -0.2) is 19.5 Å².